The van der Waals surface area contributed by atoms with Gasteiger partial charge in [0.15, 0.2) is 9.84 Å². The summed E-state index contributed by atoms with van der Waals surface area (Å²) in [6.45, 7) is 0.405. The molecule has 102 valence electrons. The van der Waals surface area contributed by atoms with Crippen LogP contribution in [0.1, 0.15) is 19.3 Å². The lowest BCUT2D eigenvalue weighted by Gasteiger charge is -2.23. The molecule has 2 N–H and O–H groups in total. The number of likely N-dealkylation sites (tertiary alicyclic amines) is 1. The first-order valence-corrected chi connectivity index (χ1v) is 7.71. The molecule has 2 atom stereocenters. The standard InChI is InChI=1S/C10H16N2O5S/c13-9(14)8-2-1-4-12(8)10(15)11-7-3-5-18(16,17)6-7/h7-8H,1-6H2,(H,11,15)(H,13,14)/t7?,8-/m0/s1. The smallest absolute Gasteiger partial charge is 0.326 e. The molecule has 1 unspecified atom stereocenters. The number of urea groups is 1. The Balaban J connectivity index is 1.94. The predicted octanol–water partition coefficient (Wildman–Crippen LogP) is -0.568. The molecule has 2 saturated heterocycles. The van der Waals surface area contributed by atoms with Gasteiger partial charge in [-0.1, -0.05) is 0 Å². The summed E-state index contributed by atoms with van der Waals surface area (Å²) in [5.41, 5.74) is 0. The fourth-order valence-corrected chi connectivity index (χ4v) is 4.11. The van der Waals surface area contributed by atoms with Crippen molar-refractivity contribution in [2.45, 2.75) is 31.3 Å². The van der Waals surface area contributed by atoms with E-state index in [0.717, 1.165) is 0 Å². The highest BCUT2D eigenvalue weighted by Crippen LogP contribution is 2.18. The van der Waals surface area contributed by atoms with Crippen molar-refractivity contribution in [3.8, 4) is 0 Å². The number of nitrogens with zero attached hydrogens (tertiary/aromatic N) is 1. The van der Waals surface area contributed by atoms with Crippen LogP contribution < -0.4 is 5.32 Å². The summed E-state index contributed by atoms with van der Waals surface area (Å²) >= 11 is 0. The van der Waals surface area contributed by atoms with Crippen molar-refractivity contribution < 1.29 is 23.1 Å². The predicted molar refractivity (Wildman–Crippen MR) is 63.0 cm³/mol. The Morgan fingerprint density at radius 3 is 2.56 bits per heavy atom. The Bertz CT molecular complexity index is 461. The maximum absolute atomic E-state index is 11.9. The zero-order chi connectivity index (χ0) is 13.3. The Morgan fingerprint density at radius 1 is 1.28 bits per heavy atom. The topological polar surface area (TPSA) is 104 Å². The summed E-state index contributed by atoms with van der Waals surface area (Å²) in [6, 6.07) is -1.65. The van der Waals surface area contributed by atoms with E-state index in [1.165, 1.54) is 4.90 Å². The van der Waals surface area contributed by atoms with Gasteiger partial charge in [0.1, 0.15) is 6.04 Å². The number of amides is 2. The lowest BCUT2D eigenvalue weighted by atomic mass is 10.2. The molecule has 0 aliphatic carbocycles. The lowest BCUT2D eigenvalue weighted by Crippen LogP contribution is -2.49. The first-order valence-electron chi connectivity index (χ1n) is 5.89. The highest BCUT2D eigenvalue weighted by molar-refractivity contribution is 7.91. The van der Waals surface area contributed by atoms with Gasteiger partial charge < -0.3 is 15.3 Å². The minimum atomic E-state index is -3.04. The molecule has 2 aliphatic rings. The van der Waals surface area contributed by atoms with Crippen LogP contribution in [0.2, 0.25) is 0 Å². The van der Waals surface area contributed by atoms with E-state index < -0.39 is 33.9 Å². The second-order valence-corrected chi connectivity index (χ2v) is 6.97. The fourth-order valence-electron chi connectivity index (χ4n) is 2.43. The maximum Gasteiger partial charge on any atom is 0.326 e. The van der Waals surface area contributed by atoms with E-state index in [4.69, 9.17) is 5.11 Å². The minimum Gasteiger partial charge on any atom is -0.480 e. The molecule has 0 saturated carbocycles. The average molecular weight is 276 g/mol. The Labute approximate surface area is 105 Å². The molecule has 8 heteroatoms. The van der Waals surface area contributed by atoms with Gasteiger partial charge in [-0.3, -0.25) is 0 Å². The average Bonchev–Trinajstić information content (AvgIpc) is 2.84. The van der Waals surface area contributed by atoms with Gasteiger partial charge in [-0.2, -0.15) is 0 Å². The number of carboxylic acid groups (broad SMARTS) is 1. The zero-order valence-electron chi connectivity index (χ0n) is 9.83. The van der Waals surface area contributed by atoms with Crippen molar-refractivity contribution in [2.75, 3.05) is 18.1 Å². The van der Waals surface area contributed by atoms with E-state index in [1.54, 1.807) is 0 Å². The number of nitrogens with one attached hydrogen (secondary N) is 1. The molecule has 0 radical (unpaired) electrons. The van der Waals surface area contributed by atoms with Gasteiger partial charge in [-0.05, 0) is 19.3 Å². The van der Waals surface area contributed by atoms with Crippen LogP contribution in [-0.4, -0.2) is 60.6 Å². The highest BCUT2D eigenvalue weighted by Gasteiger charge is 2.36. The molecule has 2 aliphatic heterocycles. The van der Waals surface area contributed by atoms with Crippen molar-refractivity contribution in [1.29, 1.82) is 0 Å². The molecule has 0 aromatic heterocycles. The van der Waals surface area contributed by atoms with Crippen molar-refractivity contribution in [1.82, 2.24) is 10.2 Å². The molecule has 2 rings (SSSR count). The van der Waals surface area contributed by atoms with Gasteiger partial charge in [-0.15, -0.1) is 0 Å². The van der Waals surface area contributed by atoms with Crippen molar-refractivity contribution in [3.63, 3.8) is 0 Å². The molecule has 0 spiro atoms. The molecule has 0 aromatic rings. The number of carboxylic acids is 1. The van der Waals surface area contributed by atoms with Crippen LogP contribution in [0.25, 0.3) is 0 Å². The third-order valence-electron chi connectivity index (χ3n) is 3.36. The number of sulfone groups is 1. The van der Waals surface area contributed by atoms with Crippen LogP contribution in [0.5, 0.6) is 0 Å². The third kappa shape index (κ3) is 2.74. The molecular formula is C10H16N2O5S. The van der Waals surface area contributed by atoms with Gasteiger partial charge in [0.25, 0.3) is 0 Å². The Hall–Kier alpha value is -1.31. The SMILES string of the molecule is O=C(O)[C@@H]1CCCN1C(=O)NC1CCS(=O)(=O)C1. The molecule has 18 heavy (non-hydrogen) atoms. The van der Waals surface area contributed by atoms with E-state index in [2.05, 4.69) is 5.32 Å². The van der Waals surface area contributed by atoms with Gasteiger partial charge in [0.05, 0.1) is 11.5 Å². The monoisotopic (exact) mass is 276 g/mol. The summed E-state index contributed by atoms with van der Waals surface area (Å²) in [4.78, 5) is 24.1. The van der Waals surface area contributed by atoms with Crippen LogP contribution >= 0.6 is 0 Å². The molecule has 7 nitrogen and oxygen atoms in total. The second-order valence-electron chi connectivity index (χ2n) is 4.74. The summed E-state index contributed by atoms with van der Waals surface area (Å²) < 4.78 is 22.5. The Kier molecular flexibility index (Phi) is 3.47. The number of rotatable bonds is 2. The van der Waals surface area contributed by atoms with E-state index >= 15 is 0 Å². The van der Waals surface area contributed by atoms with Crippen molar-refractivity contribution >= 4 is 21.8 Å². The van der Waals surface area contributed by atoms with Crippen LogP contribution in [0.15, 0.2) is 0 Å². The molecule has 0 bridgehead atoms. The molecule has 0 aromatic carbocycles. The number of carbonyl (C=O) groups excluding carboxylic acids is 1. The number of hydrogen-bond donors (Lipinski definition) is 2. The molecular weight excluding hydrogens is 260 g/mol. The summed E-state index contributed by atoms with van der Waals surface area (Å²) in [6.07, 6.45) is 1.51. The zero-order valence-corrected chi connectivity index (χ0v) is 10.6. The van der Waals surface area contributed by atoms with Crippen LogP contribution in [-0.2, 0) is 14.6 Å². The van der Waals surface area contributed by atoms with Gasteiger partial charge in [-0.25, -0.2) is 18.0 Å². The normalized spacial score (nSPS) is 30.3. The quantitative estimate of drug-likeness (QED) is 0.703. The van der Waals surface area contributed by atoms with E-state index in [1.807, 2.05) is 0 Å². The number of aliphatic carboxylic acids is 1. The van der Waals surface area contributed by atoms with Crippen LogP contribution in [0.4, 0.5) is 4.79 Å². The summed E-state index contributed by atoms with van der Waals surface area (Å²) in [7, 11) is -3.04. The van der Waals surface area contributed by atoms with Gasteiger partial charge in [0.2, 0.25) is 0 Å². The van der Waals surface area contributed by atoms with E-state index in [9.17, 15) is 18.0 Å². The molecule has 2 fully saturated rings. The minimum absolute atomic E-state index is 0.0513. The van der Waals surface area contributed by atoms with Crippen LogP contribution in [0, 0.1) is 0 Å². The van der Waals surface area contributed by atoms with E-state index in [-0.39, 0.29) is 11.5 Å². The van der Waals surface area contributed by atoms with E-state index in [0.29, 0.717) is 25.8 Å². The van der Waals surface area contributed by atoms with Gasteiger partial charge in [0, 0.05) is 12.6 Å². The summed E-state index contributed by atoms with van der Waals surface area (Å²) in [5.74, 6) is -0.980. The van der Waals surface area contributed by atoms with Crippen LogP contribution in [0.3, 0.4) is 0 Å². The Morgan fingerprint density at radius 2 is 2.00 bits per heavy atom. The lowest BCUT2D eigenvalue weighted by molar-refractivity contribution is -0.141. The third-order valence-corrected chi connectivity index (χ3v) is 5.13. The maximum atomic E-state index is 11.9. The summed E-state index contributed by atoms with van der Waals surface area (Å²) in [5, 5.41) is 11.6. The number of carbonyl (C=O) groups is 2. The fraction of sp³-hybridized carbons (Fsp3) is 0.800. The number of hydrogen-bond acceptors (Lipinski definition) is 4. The first kappa shape index (κ1) is 13.1. The van der Waals surface area contributed by atoms with Gasteiger partial charge >= 0.3 is 12.0 Å². The largest absolute Gasteiger partial charge is 0.480 e. The van der Waals surface area contributed by atoms with Crippen molar-refractivity contribution in [2.24, 2.45) is 0 Å². The second kappa shape index (κ2) is 4.75. The van der Waals surface area contributed by atoms with Crippen molar-refractivity contribution in [3.05, 3.63) is 0 Å². The molecule has 2 heterocycles. The first-order chi connectivity index (χ1) is 8.39. The highest BCUT2D eigenvalue weighted by atomic mass is 32.2. The molecule has 2 amide bonds.